The monoisotopic (exact) mass is 544 g/mol. The van der Waals surface area contributed by atoms with Crippen molar-refractivity contribution in [3.8, 4) is 11.5 Å². The quantitative estimate of drug-likeness (QED) is 0.241. The second-order valence-electron chi connectivity index (χ2n) is 10.9. The molecule has 39 heavy (non-hydrogen) atoms. The minimum Gasteiger partial charge on any atom is -0.493 e. The standard InChI is InChI=1S/C29H52N8O2/c1-35(2)15-10-17-37(23-11-18-36(19-12-23)16-8-4-6-13-30)29-33-25-22-27(39-20-9-5-7-14-31)26(38-3)21-24(25)28(32)34-29/h21-23H,4-20,30-31H2,1-3H3,(H2,32,33,34). The fourth-order valence-electron chi connectivity index (χ4n) is 5.27. The molecule has 2 aromatic rings. The number of methoxy groups -OCH3 is 1. The number of fused-ring (bicyclic) bond motifs is 1. The van der Waals surface area contributed by atoms with Crippen LogP contribution in [0.2, 0.25) is 0 Å². The van der Waals surface area contributed by atoms with Gasteiger partial charge < -0.3 is 41.4 Å². The third kappa shape index (κ3) is 9.63. The summed E-state index contributed by atoms with van der Waals surface area (Å²) in [6, 6.07) is 4.23. The summed E-state index contributed by atoms with van der Waals surface area (Å²) in [4.78, 5) is 17.0. The zero-order chi connectivity index (χ0) is 28.0. The van der Waals surface area contributed by atoms with E-state index < -0.39 is 0 Å². The van der Waals surface area contributed by atoms with Crippen molar-refractivity contribution in [1.29, 1.82) is 0 Å². The lowest BCUT2D eigenvalue weighted by Crippen LogP contribution is -2.46. The second-order valence-corrected chi connectivity index (χ2v) is 10.9. The fraction of sp³-hybridized carbons (Fsp3) is 0.724. The molecule has 0 spiro atoms. The van der Waals surface area contributed by atoms with Gasteiger partial charge in [0, 0.05) is 37.1 Å². The molecule has 1 saturated heterocycles. The van der Waals surface area contributed by atoms with Crippen LogP contribution in [-0.4, -0.2) is 99.4 Å². The summed E-state index contributed by atoms with van der Waals surface area (Å²) in [5, 5.41) is 0.784. The number of nitrogens with two attached hydrogens (primary N) is 3. The number of hydrogen-bond donors (Lipinski definition) is 3. The molecule has 1 aliphatic rings. The Bertz CT molecular complexity index is 981. The lowest BCUT2D eigenvalue weighted by Gasteiger charge is -2.39. The number of ether oxygens (including phenoxy) is 2. The van der Waals surface area contributed by atoms with Crippen LogP contribution < -0.4 is 31.6 Å². The van der Waals surface area contributed by atoms with E-state index in [2.05, 4.69) is 28.8 Å². The van der Waals surface area contributed by atoms with Crippen molar-refractivity contribution >= 4 is 22.7 Å². The average Bonchev–Trinajstić information content (AvgIpc) is 2.93. The number of nitrogen functional groups attached to an aromatic ring is 1. The fourth-order valence-corrected chi connectivity index (χ4v) is 5.27. The normalized spacial score (nSPS) is 14.8. The van der Waals surface area contributed by atoms with Crippen molar-refractivity contribution in [2.75, 3.05) is 84.3 Å². The van der Waals surface area contributed by atoms with E-state index in [1.54, 1.807) is 7.11 Å². The van der Waals surface area contributed by atoms with Crippen LogP contribution >= 0.6 is 0 Å². The molecule has 0 bridgehead atoms. The first kappa shape index (κ1) is 31.1. The molecule has 0 aliphatic carbocycles. The van der Waals surface area contributed by atoms with Gasteiger partial charge in [0.2, 0.25) is 5.95 Å². The number of likely N-dealkylation sites (tertiary alicyclic amines) is 1. The van der Waals surface area contributed by atoms with Crippen LogP contribution in [0, 0.1) is 0 Å². The highest BCUT2D eigenvalue weighted by atomic mass is 16.5. The van der Waals surface area contributed by atoms with Gasteiger partial charge in [0.1, 0.15) is 5.82 Å². The molecule has 10 heteroatoms. The maximum Gasteiger partial charge on any atom is 0.228 e. The predicted molar refractivity (Wildman–Crippen MR) is 162 cm³/mol. The third-order valence-electron chi connectivity index (χ3n) is 7.54. The number of nitrogens with zero attached hydrogens (tertiary/aromatic N) is 5. The van der Waals surface area contributed by atoms with Crippen LogP contribution in [0.25, 0.3) is 10.9 Å². The molecule has 0 saturated carbocycles. The molecule has 220 valence electrons. The number of unbranched alkanes of at least 4 members (excludes halogenated alkanes) is 4. The summed E-state index contributed by atoms with van der Waals surface area (Å²) in [5.74, 6) is 2.51. The Balaban J connectivity index is 1.79. The van der Waals surface area contributed by atoms with Gasteiger partial charge in [-0.1, -0.05) is 6.42 Å². The number of aromatic nitrogens is 2. The van der Waals surface area contributed by atoms with Crippen LogP contribution in [0.1, 0.15) is 57.8 Å². The maximum atomic E-state index is 6.52. The van der Waals surface area contributed by atoms with E-state index in [0.29, 0.717) is 42.5 Å². The first-order chi connectivity index (χ1) is 19.0. The van der Waals surface area contributed by atoms with Gasteiger partial charge in [0.05, 0.1) is 19.2 Å². The largest absolute Gasteiger partial charge is 0.493 e. The van der Waals surface area contributed by atoms with Crippen molar-refractivity contribution in [3.05, 3.63) is 12.1 Å². The van der Waals surface area contributed by atoms with Gasteiger partial charge in [-0.25, -0.2) is 4.98 Å². The van der Waals surface area contributed by atoms with Crippen LogP contribution in [0.4, 0.5) is 11.8 Å². The Kier molecular flexibility index (Phi) is 13.3. The molecule has 1 aliphatic heterocycles. The number of rotatable bonds is 18. The Hall–Kier alpha value is -2.40. The Morgan fingerprint density at radius 2 is 1.62 bits per heavy atom. The van der Waals surface area contributed by atoms with E-state index in [1.165, 1.54) is 12.8 Å². The van der Waals surface area contributed by atoms with Gasteiger partial charge in [-0.2, -0.15) is 4.98 Å². The highest BCUT2D eigenvalue weighted by Crippen LogP contribution is 2.35. The van der Waals surface area contributed by atoms with E-state index in [-0.39, 0.29) is 0 Å². The third-order valence-corrected chi connectivity index (χ3v) is 7.54. The number of piperidine rings is 1. The summed E-state index contributed by atoms with van der Waals surface area (Å²) < 4.78 is 11.7. The first-order valence-corrected chi connectivity index (χ1v) is 14.8. The zero-order valence-electron chi connectivity index (χ0n) is 24.5. The topological polar surface area (TPSA) is 132 Å². The highest BCUT2D eigenvalue weighted by Gasteiger charge is 2.27. The lowest BCUT2D eigenvalue weighted by molar-refractivity contribution is 0.204. The van der Waals surface area contributed by atoms with E-state index in [4.69, 9.17) is 36.6 Å². The molecule has 1 aromatic carbocycles. The molecule has 1 aromatic heterocycles. The predicted octanol–water partition coefficient (Wildman–Crippen LogP) is 3.08. The van der Waals surface area contributed by atoms with Crippen molar-refractivity contribution in [2.24, 2.45) is 11.5 Å². The molecule has 1 fully saturated rings. The van der Waals surface area contributed by atoms with Crippen molar-refractivity contribution in [3.63, 3.8) is 0 Å². The molecule has 10 nitrogen and oxygen atoms in total. The molecular weight excluding hydrogens is 492 g/mol. The summed E-state index contributed by atoms with van der Waals surface area (Å²) in [5.41, 5.74) is 18.6. The number of benzene rings is 1. The number of hydrogen-bond acceptors (Lipinski definition) is 10. The van der Waals surface area contributed by atoms with Gasteiger partial charge in [-0.3, -0.25) is 0 Å². The van der Waals surface area contributed by atoms with E-state index in [9.17, 15) is 0 Å². The number of anilines is 2. The van der Waals surface area contributed by atoms with E-state index in [0.717, 1.165) is 95.1 Å². The molecule has 0 unspecified atom stereocenters. The first-order valence-electron chi connectivity index (χ1n) is 14.8. The van der Waals surface area contributed by atoms with Crippen molar-refractivity contribution in [1.82, 2.24) is 19.8 Å². The van der Waals surface area contributed by atoms with Gasteiger partial charge in [-0.05, 0) is 97.7 Å². The van der Waals surface area contributed by atoms with Crippen molar-refractivity contribution < 1.29 is 9.47 Å². The zero-order valence-corrected chi connectivity index (χ0v) is 24.5. The summed E-state index contributed by atoms with van der Waals surface area (Å²) in [6.45, 7) is 7.36. The second kappa shape index (κ2) is 16.6. The van der Waals surface area contributed by atoms with Gasteiger partial charge in [-0.15, -0.1) is 0 Å². The Morgan fingerprint density at radius 3 is 2.28 bits per heavy atom. The average molecular weight is 545 g/mol. The van der Waals surface area contributed by atoms with E-state index in [1.807, 2.05) is 12.1 Å². The smallest absolute Gasteiger partial charge is 0.228 e. The minimum absolute atomic E-state index is 0.390. The molecular formula is C29H52N8O2. The SMILES string of the molecule is COc1cc2c(N)nc(N(CCCN(C)C)C3CCN(CCCCCN)CC3)nc2cc1OCCCCCN. The molecule has 0 atom stereocenters. The summed E-state index contributed by atoms with van der Waals surface area (Å²) >= 11 is 0. The molecule has 3 rings (SSSR count). The Morgan fingerprint density at radius 1 is 0.897 bits per heavy atom. The molecule has 0 amide bonds. The molecule has 6 N–H and O–H groups in total. The van der Waals surface area contributed by atoms with Gasteiger partial charge >= 0.3 is 0 Å². The van der Waals surface area contributed by atoms with Gasteiger partial charge in [0.15, 0.2) is 11.5 Å². The van der Waals surface area contributed by atoms with Crippen LogP contribution in [0.3, 0.4) is 0 Å². The van der Waals surface area contributed by atoms with Crippen molar-refractivity contribution in [2.45, 2.75) is 63.8 Å². The molecule has 0 radical (unpaired) electrons. The van der Waals surface area contributed by atoms with E-state index >= 15 is 0 Å². The Labute approximate surface area is 235 Å². The minimum atomic E-state index is 0.390. The van der Waals surface area contributed by atoms with Crippen LogP contribution in [-0.2, 0) is 0 Å². The summed E-state index contributed by atoms with van der Waals surface area (Å²) in [7, 11) is 5.87. The lowest BCUT2D eigenvalue weighted by atomic mass is 10.0. The maximum absolute atomic E-state index is 6.52. The van der Waals surface area contributed by atoms with Gasteiger partial charge in [0.25, 0.3) is 0 Å². The van der Waals surface area contributed by atoms with Crippen LogP contribution in [0.15, 0.2) is 12.1 Å². The summed E-state index contributed by atoms with van der Waals surface area (Å²) in [6.07, 6.45) is 9.77. The molecule has 2 heterocycles. The van der Waals surface area contributed by atoms with Crippen LogP contribution in [0.5, 0.6) is 11.5 Å². The highest BCUT2D eigenvalue weighted by molar-refractivity contribution is 5.91.